The van der Waals surface area contributed by atoms with Crippen LogP contribution >= 0.6 is 11.8 Å². The van der Waals surface area contributed by atoms with Gasteiger partial charge in [0.25, 0.3) is 0 Å². The first-order chi connectivity index (χ1) is 11.1. The van der Waals surface area contributed by atoms with Gasteiger partial charge in [-0.05, 0) is 43.3 Å². The highest BCUT2D eigenvalue weighted by atomic mass is 32.2. The average Bonchev–Trinajstić information content (AvgIpc) is 2.99. The lowest BCUT2D eigenvalue weighted by molar-refractivity contribution is -0.113. The molecule has 5 nitrogen and oxygen atoms in total. The number of esters is 1. The number of carbonyl (C=O) groups is 2. The summed E-state index contributed by atoms with van der Waals surface area (Å²) >= 11 is 1.34. The summed E-state index contributed by atoms with van der Waals surface area (Å²) in [5, 5.41) is 2.66. The number of hydrogen-bond acceptors (Lipinski definition) is 5. The van der Waals surface area contributed by atoms with Crippen LogP contribution in [-0.4, -0.2) is 24.2 Å². The Balaban J connectivity index is 1.75. The summed E-state index contributed by atoms with van der Waals surface area (Å²) in [6, 6.07) is 8.78. The van der Waals surface area contributed by atoms with Crippen LogP contribution in [0.3, 0.4) is 0 Å². The van der Waals surface area contributed by atoms with Crippen LogP contribution in [-0.2, 0) is 15.3 Å². The van der Waals surface area contributed by atoms with Gasteiger partial charge < -0.3 is 14.5 Å². The third-order valence-electron chi connectivity index (χ3n) is 2.74. The number of carbonyl (C=O) groups excluding carboxylic acids is 2. The number of furan rings is 1. The minimum Gasteiger partial charge on any atom is -0.460 e. The summed E-state index contributed by atoms with van der Waals surface area (Å²) in [7, 11) is 0. The SMILES string of the molecule is CCOC(=O)c1ccc(CSCC(=O)Nc2ccc(F)cc2)o1. The van der Waals surface area contributed by atoms with E-state index < -0.39 is 5.97 Å². The molecule has 1 aromatic heterocycles. The Hall–Kier alpha value is -2.28. The Kier molecular flexibility index (Phi) is 6.22. The highest BCUT2D eigenvalue weighted by Gasteiger charge is 2.12. The number of benzene rings is 1. The lowest BCUT2D eigenvalue weighted by Crippen LogP contribution is -2.14. The molecular weight excluding hydrogens is 321 g/mol. The summed E-state index contributed by atoms with van der Waals surface area (Å²) in [5.41, 5.74) is 0.541. The van der Waals surface area contributed by atoms with Gasteiger partial charge in [0.2, 0.25) is 11.7 Å². The molecule has 122 valence electrons. The number of halogens is 1. The zero-order valence-corrected chi connectivity index (χ0v) is 13.3. The molecule has 0 aliphatic heterocycles. The van der Waals surface area contributed by atoms with Crippen LogP contribution in [0.4, 0.5) is 10.1 Å². The Labute approximate surface area is 137 Å². The van der Waals surface area contributed by atoms with E-state index in [0.29, 0.717) is 17.2 Å². The fourth-order valence-electron chi connectivity index (χ4n) is 1.74. The molecule has 23 heavy (non-hydrogen) atoms. The monoisotopic (exact) mass is 337 g/mol. The lowest BCUT2D eigenvalue weighted by Gasteiger charge is -2.04. The summed E-state index contributed by atoms with van der Waals surface area (Å²) in [6.45, 7) is 2.00. The summed E-state index contributed by atoms with van der Waals surface area (Å²) in [5.74, 6) is 0.360. The van der Waals surface area contributed by atoms with Gasteiger partial charge >= 0.3 is 5.97 Å². The molecule has 1 heterocycles. The van der Waals surface area contributed by atoms with Crippen LogP contribution in [0.5, 0.6) is 0 Å². The van der Waals surface area contributed by atoms with Crippen LogP contribution in [0.15, 0.2) is 40.8 Å². The predicted molar refractivity (Wildman–Crippen MR) is 85.9 cm³/mol. The van der Waals surface area contributed by atoms with E-state index in [1.165, 1.54) is 36.0 Å². The Bertz CT molecular complexity index is 669. The third-order valence-corrected chi connectivity index (χ3v) is 3.70. The van der Waals surface area contributed by atoms with Crippen LogP contribution in [0.25, 0.3) is 0 Å². The Morgan fingerprint density at radius 3 is 2.65 bits per heavy atom. The van der Waals surface area contributed by atoms with Crippen molar-refractivity contribution in [2.75, 3.05) is 17.7 Å². The molecule has 2 aromatic rings. The summed E-state index contributed by atoms with van der Waals surface area (Å²) in [4.78, 5) is 23.2. The first-order valence-corrected chi connectivity index (χ1v) is 8.13. The molecule has 1 aromatic carbocycles. The highest BCUT2D eigenvalue weighted by Crippen LogP contribution is 2.17. The second-order valence-electron chi connectivity index (χ2n) is 4.53. The number of amides is 1. The fraction of sp³-hybridized carbons (Fsp3) is 0.250. The zero-order valence-electron chi connectivity index (χ0n) is 12.5. The van der Waals surface area contributed by atoms with Gasteiger partial charge in [-0.15, -0.1) is 11.8 Å². The van der Waals surface area contributed by atoms with Gasteiger partial charge in [-0.25, -0.2) is 9.18 Å². The van der Waals surface area contributed by atoms with Crippen molar-refractivity contribution in [1.82, 2.24) is 0 Å². The van der Waals surface area contributed by atoms with Crippen LogP contribution in [0.2, 0.25) is 0 Å². The molecule has 0 atom stereocenters. The predicted octanol–water partition coefficient (Wildman–Crippen LogP) is 3.47. The molecular formula is C16H16FNO4S. The van der Waals surface area contributed by atoms with Crippen molar-refractivity contribution < 1.29 is 23.1 Å². The average molecular weight is 337 g/mol. The molecule has 0 bridgehead atoms. The standard InChI is InChI=1S/C16H16FNO4S/c1-2-21-16(20)14-8-7-13(22-14)9-23-10-15(19)18-12-5-3-11(17)4-6-12/h3-8H,2,9-10H2,1H3,(H,18,19). The van der Waals surface area contributed by atoms with Crippen LogP contribution in [0.1, 0.15) is 23.2 Å². The first-order valence-electron chi connectivity index (χ1n) is 6.97. The molecule has 0 spiro atoms. The lowest BCUT2D eigenvalue weighted by atomic mass is 10.3. The van der Waals surface area contributed by atoms with E-state index in [0.717, 1.165) is 0 Å². The summed E-state index contributed by atoms with van der Waals surface area (Å²) in [6.07, 6.45) is 0. The molecule has 1 amide bonds. The maximum Gasteiger partial charge on any atom is 0.374 e. The summed E-state index contributed by atoms with van der Waals surface area (Å²) < 4.78 is 22.9. The van der Waals surface area contributed by atoms with Crippen LogP contribution in [0, 0.1) is 5.82 Å². The van der Waals surface area contributed by atoms with Gasteiger partial charge in [-0.2, -0.15) is 0 Å². The number of anilines is 1. The van der Waals surface area contributed by atoms with Crippen molar-refractivity contribution in [2.45, 2.75) is 12.7 Å². The molecule has 7 heteroatoms. The zero-order chi connectivity index (χ0) is 16.7. The van der Waals surface area contributed by atoms with E-state index in [4.69, 9.17) is 9.15 Å². The van der Waals surface area contributed by atoms with Crippen molar-refractivity contribution in [2.24, 2.45) is 0 Å². The van der Waals surface area contributed by atoms with E-state index in [-0.39, 0.29) is 29.8 Å². The highest BCUT2D eigenvalue weighted by molar-refractivity contribution is 7.99. The quantitative estimate of drug-likeness (QED) is 0.784. The van der Waals surface area contributed by atoms with E-state index in [9.17, 15) is 14.0 Å². The topological polar surface area (TPSA) is 68.5 Å². The third kappa shape index (κ3) is 5.45. The van der Waals surface area contributed by atoms with Crippen molar-refractivity contribution in [3.05, 3.63) is 53.7 Å². The number of thioether (sulfide) groups is 1. The van der Waals surface area contributed by atoms with Crippen LogP contribution < -0.4 is 5.32 Å². The molecule has 0 aliphatic carbocycles. The van der Waals surface area contributed by atoms with Crippen molar-refractivity contribution in [3.8, 4) is 0 Å². The molecule has 0 saturated heterocycles. The fourth-order valence-corrected chi connectivity index (χ4v) is 2.46. The first kappa shape index (κ1) is 17.1. The van der Waals surface area contributed by atoms with Crippen molar-refractivity contribution in [3.63, 3.8) is 0 Å². The van der Waals surface area contributed by atoms with Crippen molar-refractivity contribution in [1.29, 1.82) is 0 Å². The normalized spacial score (nSPS) is 10.3. The maximum absolute atomic E-state index is 12.8. The van der Waals surface area contributed by atoms with E-state index in [1.807, 2.05) is 0 Å². The minimum absolute atomic E-state index is 0.151. The van der Waals surface area contributed by atoms with Gasteiger partial charge in [0.15, 0.2) is 0 Å². The van der Waals surface area contributed by atoms with Gasteiger partial charge in [0, 0.05) is 5.69 Å². The van der Waals surface area contributed by atoms with E-state index >= 15 is 0 Å². The molecule has 2 rings (SSSR count). The molecule has 0 radical (unpaired) electrons. The van der Waals surface area contributed by atoms with Gasteiger partial charge in [-0.1, -0.05) is 0 Å². The minimum atomic E-state index is -0.502. The van der Waals surface area contributed by atoms with Gasteiger partial charge in [0.1, 0.15) is 11.6 Å². The molecule has 0 unspecified atom stereocenters. The number of hydrogen-bond donors (Lipinski definition) is 1. The van der Waals surface area contributed by atoms with Crippen molar-refractivity contribution >= 4 is 29.3 Å². The van der Waals surface area contributed by atoms with E-state index in [1.54, 1.807) is 19.1 Å². The number of ether oxygens (including phenoxy) is 1. The largest absolute Gasteiger partial charge is 0.460 e. The smallest absolute Gasteiger partial charge is 0.374 e. The molecule has 1 N–H and O–H groups in total. The Morgan fingerprint density at radius 1 is 1.22 bits per heavy atom. The van der Waals surface area contributed by atoms with Gasteiger partial charge in [-0.3, -0.25) is 4.79 Å². The molecule has 0 fully saturated rings. The molecule has 0 saturated carbocycles. The van der Waals surface area contributed by atoms with Gasteiger partial charge in [0.05, 0.1) is 18.1 Å². The second kappa shape index (κ2) is 8.38. The maximum atomic E-state index is 12.8. The second-order valence-corrected chi connectivity index (χ2v) is 5.52. The number of nitrogens with one attached hydrogen (secondary N) is 1. The number of rotatable bonds is 7. The van der Waals surface area contributed by atoms with E-state index in [2.05, 4.69) is 5.32 Å². The Morgan fingerprint density at radius 2 is 1.96 bits per heavy atom. The molecule has 0 aliphatic rings.